The zero-order valence-electron chi connectivity index (χ0n) is 23.0. The normalized spacial score (nSPS) is 16.5. The average molecular weight is 532 g/mol. The van der Waals surface area contributed by atoms with Crippen LogP contribution in [-0.4, -0.2) is 44.7 Å². The van der Waals surface area contributed by atoms with Crippen LogP contribution < -0.4 is 23.8 Å². The molecule has 0 aliphatic carbocycles. The van der Waals surface area contributed by atoms with Gasteiger partial charge in [-0.3, -0.25) is 14.5 Å². The minimum atomic E-state index is -0.972. The number of benzene rings is 3. The molecular formula is C31H33NO7. The Morgan fingerprint density at radius 2 is 1.59 bits per heavy atom. The number of ether oxygens (including phenoxy) is 4. The summed E-state index contributed by atoms with van der Waals surface area (Å²) < 4.78 is 22.4. The molecule has 0 radical (unpaired) electrons. The Kier molecular flexibility index (Phi) is 8.14. The number of hydrogen-bond donors (Lipinski definition) is 1. The molecule has 0 saturated carbocycles. The molecule has 8 heteroatoms. The lowest BCUT2D eigenvalue weighted by atomic mass is 9.94. The van der Waals surface area contributed by atoms with E-state index in [1.807, 2.05) is 39.0 Å². The van der Waals surface area contributed by atoms with Gasteiger partial charge < -0.3 is 24.1 Å². The van der Waals surface area contributed by atoms with E-state index in [9.17, 15) is 14.7 Å². The number of carbonyl (C=O) groups excluding carboxylic acids is 2. The fourth-order valence-electron chi connectivity index (χ4n) is 4.60. The second-order valence-corrected chi connectivity index (χ2v) is 9.70. The highest BCUT2D eigenvalue weighted by Crippen LogP contribution is 2.47. The number of ketones is 1. The van der Waals surface area contributed by atoms with Crippen molar-refractivity contribution in [1.82, 2.24) is 0 Å². The Morgan fingerprint density at radius 1 is 0.923 bits per heavy atom. The fourth-order valence-corrected chi connectivity index (χ4v) is 4.60. The van der Waals surface area contributed by atoms with E-state index >= 15 is 0 Å². The van der Waals surface area contributed by atoms with Crippen molar-refractivity contribution < 1.29 is 33.6 Å². The van der Waals surface area contributed by atoms with Crippen LogP contribution in [0.15, 0.2) is 66.2 Å². The van der Waals surface area contributed by atoms with Crippen LogP contribution in [0.25, 0.3) is 5.76 Å². The molecule has 1 N–H and O–H groups in total. The van der Waals surface area contributed by atoms with Crippen molar-refractivity contribution in [2.24, 2.45) is 5.92 Å². The summed E-state index contributed by atoms with van der Waals surface area (Å²) in [6, 6.07) is 16.5. The molecule has 8 nitrogen and oxygen atoms in total. The molecule has 3 aromatic carbocycles. The van der Waals surface area contributed by atoms with Gasteiger partial charge in [0.05, 0.1) is 39.6 Å². The van der Waals surface area contributed by atoms with Crippen LogP contribution in [0.2, 0.25) is 0 Å². The van der Waals surface area contributed by atoms with Crippen LogP contribution in [-0.2, 0) is 9.59 Å². The first-order valence-electron chi connectivity index (χ1n) is 12.6. The maximum atomic E-state index is 13.6. The molecule has 204 valence electrons. The summed E-state index contributed by atoms with van der Waals surface area (Å²) in [5, 5.41) is 11.6. The first-order chi connectivity index (χ1) is 18.7. The molecule has 0 bridgehead atoms. The smallest absolute Gasteiger partial charge is 0.300 e. The highest BCUT2D eigenvalue weighted by Gasteiger charge is 2.47. The number of nitrogens with zero attached hydrogens (tertiary/aromatic N) is 1. The molecule has 3 aromatic rings. The summed E-state index contributed by atoms with van der Waals surface area (Å²) in [4.78, 5) is 28.5. The number of carbonyl (C=O) groups is 2. The predicted molar refractivity (Wildman–Crippen MR) is 149 cm³/mol. The number of rotatable bonds is 9. The van der Waals surface area contributed by atoms with E-state index in [0.717, 1.165) is 5.56 Å². The van der Waals surface area contributed by atoms with E-state index in [-0.39, 0.29) is 11.3 Å². The van der Waals surface area contributed by atoms with Gasteiger partial charge in [-0.1, -0.05) is 38.1 Å². The summed E-state index contributed by atoms with van der Waals surface area (Å²) >= 11 is 0. The predicted octanol–water partition coefficient (Wildman–Crippen LogP) is 5.68. The summed E-state index contributed by atoms with van der Waals surface area (Å²) in [6.45, 7) is 6.46. The van der Waals surface area contributed by atoms with Gasteiger partial charge in [0, 0.05) is 11.3 Å². The van der Waals surface area contributed by atoms with Gasteiger partial charge in [0.2, 0.25) is 5.75 Å². The Morgan fingerprint density at radius 3 is 2.18 bits per heavy atom. The Labute approximate surface area is 228 Å². The standard InChI is InChI=1S/C31H33NO7/c1-18(2)17-39-23-12-8-10-20(14-23)28(33)26-27(21-15-24(36-4)30(38-6)25(16-21)37-5)32(31(35)29(26)34)22-11-7-9-19(3)13-22/h7-16,18,27,33H,17H2,1-6H3/b28-26+. The molecule has 1 aliphatic rings. The summed E-state index contributed by atoms with van der Waals surface area (Å²) in [7, 11) is 4.47. The van der Waals surface area contributed by atoms with Crippen LogP contribution in [0.1, 0.15) is 36.6 Å². The zero-order valence-corrected chi connectivity index (χ0v) is 23.0. The van der Waals surface area contributed by atoms with E-state index in [0.29, 0.717) is 52.3 Å². The minimum Gasteiger partial charge on any atom is -0.507 e. The molecule has 1 fully saturated rings. The van der Waals surface area contributed by atoms with Crippen molar-refractivity contribution in [3.8, 4) is 23.0 Å². The minimum absolute atomic E-state index is 0.0585. The topological polar surface area (TPSA) is 94.5 Å². The van der Waals surface area contributed by atoms with Crippen LogP contribution in [0.3, 0.4) is 0 Å². The fraction of sp³-hybridized carbons (Fsp3) is 0.290. The van der Waals surface area contributed by atoms with Gasteiger partial charge in [0.1, 0.15) is 11.5 Å². The molecule has 4 rings (SSSR count). The summed E-state index contributed by atoms with van der Waals surface area (Å²) in [5.74, 6) is 0.0568. The number of aliphatic hydroxyl groups excluding tert-OH is 1. The number of aryl methyl sites for hydroxylation is 1. The second-order valence-electron chi connectivity index (χ2n) is 9.70. The van der Waals surface area contributed by atoms with Gasteiger partial charge in [-0.2, -0.15) is 0 Å². The second kappa shape index (κ2) is 11.5. The van der Waals surface area contributed by atoms with Crippen molar-refractivity contribution in [3.05, 3.63) is 82.9 Å². The van der Waals surface area contributed by atoms with E-state index in [1.165, 1.54) is 26.2 Å². The summed E-state index contributed by atoms with van der Waals surface area (Å²) in [6.07, 6.45) is 0. The lowest BCUT2D eigenvalue weighted by Gasteiger charge is -2.27. The molecule has 1 amide bonds. The lowest BCUT2D eigenvalue weighted by molar-refractivity contribution is -0.132. The number of methoxy groups -OCH3 is 3. The Balaban J connectivity index is 1.96. The van der Waals surface area contributed by atoms with E-state index in [4.69, 9.17) is 18.9 Å². The first kappa shape index (κ1) is 27.6. The van der Waals surface area contributed by atoms with Gasteiger partial charge >= 0.3 is 0 Å². The van der Waals surface area contributed by atoms with E-state index < -0.39 is 17.7 Å². The van der Waals surface area contributed by atoms with Gasteiger partial charge in [-0.05, 0) is 60.4 Å². The van der Waals surface area contributed by atoms with Crippen LogP contribution in [0.4, 0.5) is 5.69 Å². The average Bonchev–Trinajstić information content (AvgIpc) is 3.20. The first-order valence-corrected chi connectivity index (χ1v) is 12.6. The molecular weight excluding hydrogens is 498 g/mol. The van der Waals surface area contributed by atoms with Gasteiger partial charge in [-0.25, -0.2) is 0 Å². The summed E-state index contributed by atoms with van der Waals surface area (Å²) in [5.41, 5.74) is 2.23. The third-order valence-electron chi connectivity index (χ3n) is 6.42. The van der Waals surface area contributed by atoms with Crippen molar-refractivity contribution in [2.45, 2.75) is 26.8 Å². The van der Waals surface area contributed by atoms with Gasteiger partial charge in [0.25, 0.3) is 11.7 Å². The van der Waals surface area contributed by atoms with Gasteiger partial charge in [-0.15, -0.1) is 0 Å². The molecule has 0 spiro atoms. The zero-order chi connectivity index (χ0) is 28.3. The van der Waals surface area contributed by atoms with Gasteiger partial charge in [0.15, 0.2) is 11.5 Å². The number of aliphatic hydroxyl groups is 1. The molecule has 1 heterocycles. The molecule has 1 unspecified atom stereocenters. The van der Waals surface area contributed by atoms with Crippen LogP contribution >= 0.6 is 0 Å². The van der Waals surface area contributed by atoms with Crippen molar-refractivity contribution in [2.75, 3.05) is 32.8 Å². The molecule has 0 aromatic heterocycles. The largest absolute Gasteiger partial charge is 0.507 e. The van der Waals surface area contributed by atoms with Crippen LogP contribution in [0.5, 0.6) is 23.0 Å². The number of Topliss-reactive ketones (excluding diaryl/α,β-unsaturated/α-hetero) is 1. The third-order valence-corrected chi connectivity index (χ3v) is 6.42. The number of amides is 1. The molecule has 1 aliphatic heterocycles. The van der Waals surface area contributed by atoms with Crippen LogP contribution in [0, 0.1) is 12.8 Å². The van der Waals surface area contributed by atoms with Crippen molar-refractivity contribution >= 4 is 23.1 Å². The number of anilines is 1. The van der Waals surface area contributed by atoms with E-state index in [1.54, 1.807) is 42.5 Å². The van der Waals surface area contributed by atoms with Crippen molar-refractivity contribution in [1.29, 1.82) is 0 Å². The Bertz CT molecular complexity index is 1400. The maximum absolute atomic E-state index is 13.6. The lowest BCUT2D eigenvalue weighted by Crippen LogP contribution is -2.29. The maximum Gasteiger partial charge on any atom is 0.300 e. The highest BCUT2D eigenvalue weighted by molar-refractivity contribution is 6.51. The monoisotopic (exact) mass is 531 g/mol. The third kappa shape index (κ3) is 5.41. The number of hydrogen-bond acceptors (Lipinski definition) is 7. The molecule has 39 heavy (non-hydrogen) atoms. The highest BCUT2D eigenvalue weighted by atomic mass is 16.5. The SMILES string of the molecule is COc1cc(C2/C(=C(\O)c3cccc(OCC(C)C)c3)C(=O)C(=O)N2c2cccc(C)c2)cc(OC)c1OC. The van der Waals surface area contributed by atoms with E-state index in [2.05, 4.69) is 0 Å². The molecule has 1 atom stereocenters. The van der Waals surface area contributed by atoms with Crippen molar-refractivity contribution in [3.63, 3.8) is 0 Å². The Hall–Kier alpha value is -4.46. The quantitative estimate of drug-likeness (QED) is 0.216. The molecule has 1 saturated heterocycles.